The monoisotopic (exact) mass is 544 g/mol. The van der Waals surface area contributed by atoms with E-state index in [0.29, 0.717) is 23.4 Å². The van der Waals surface area contributed by atoms with Crippen molar-refractivity contribution < 1.29 is 37.7 Å². The molecule has 39 heavy (non-hydrogen) atoms. The van der Waals surface area contributed by atoms with Gasteiger partial charge in [0.15, 0.2) is 35.1 Å². The molecule has 1 aliphatic heterocycles. The number of benzene rings is 2. The Labute approximate surface area is 219 Å². The Balaban J connectivity index is 1.55. The van der Waals surface area contributed by atoms with Crippen LogP contribution in [0.3, 0.4) is 0 Å². The maximum Gasteiger partial charge on any atom is 0.573 e. The Morgan fingerprint density at radius 2 is 1.79 bits per heavy atom. The van der Waals surface area contributed by atoms with Gasteiger partial charge in [0.05, 0.1) is 6.33 Å². The van der Waals surface area contributed by atoms with E-state index in [1.54, 1.807) is 0 Å². The zero-order chi connectivity index (χ0) is 27.7. The van der Waals surface area contributed by atoms with Crippen molar-refractivity contribution in [3.63, 3.8) is 0 Å². The molecule has 1 aliphatic rings. The number of nitrogens with one attached hydrogen (secondary N) is 2. The summed E-state index contributed by atoms with van der Waals surface area (Å²) in [4.78, 5) is 25.6. The van der Waals surface area contributed by atoms with Crippen molar-refractivity contribution >= 4 is 22.9 Å². The van der Waals surface area contributed by atoms with Gasteiger partial charge in [-0.25, -0.2) is 15.0 Å². The normalized spacial score (nSPS) is 21.2. The first-order valence-electron chi connectivity index (χ1n) is 11.8. The summed E-state index contributed by atoms with van der Waals surface area (Å²) in [7, 11) is 1.37. The zero-order valence-corrected chi connectivity index (χ0v) is 20.3. The number of halogens is 3. The number of amides is 1. The molecule has 0 spiro atoms. The summed E-state index contributed by atoms with van der Waals surface area (Å²) in [6, 6.07) is 14.5. The van der Waals surface area contributed by atoms with Crippen molar-refractivity contribution in [3.8, 4) is 17.1 Å². The molecule has 0 saturated carbocycles. The lowest BCUT2D eigenvalue weighted by Gasteiger charge is -2.17. The fourth-order valence-corrected chi connectivity index (χ4v) is 4.19. The van der Waals surface area contributed by atoms with Gasteiger partial charge in [0.1, 0.15) is 18.0 Å². The molecule has 3 unspecified atom stereocenters. The van der Waals surface area contributed by atoms with E-state index < -0.39 is 42.6 Å². The van der Waals surface area contributed by atoms with Crippen LogP contribution in [-0.4, -0.2) is 67.4 Å². The van der Waals surface area contributed by atoms with Crippen LogP contribution >= 0.6 is 0 Å². The number of imidazole rings is 1. The summed E-state index contributed by atoms with van der Waals surface area (Å²) < 4.78 is 48.8. The second-order valence-corrected chi connectivity index (χ2v) is 8.67. The summed E-state index contributed by atoms with van der Waals surface area (Å²) in [6.45, 7) is 0.373. The number of fused-ring (bicyclic) bond motifs is 1. The number of carbonyl (C=O) groups is 1. The third-order valence-electron chi connectivity index (χ3n) is 6.09. The van der Waals surface area contributed by atoms with Crippen LogP contribution < -0.4 is 15.4 Å². The fraction of sp³-hybridized carbons (Fsp3) is 0.280. The van der Waals surface area contributed by atoms with Gasteiger partial charge in [-0.05, 0) is 29.8 Å². The average molecular weight is 544 g/mol. The van der Waals surface area contributed by atoms with E-state index in [2.05, 4.69) is 30.3 Å². The van der Waals surface area contributed by atoms with E-state index in [1.807, 2.05) is 30.3 Å². The highest BCUT2D eigenvalue weighted by molar-refractivity contribution is 5.85. The SMILES string of the molecule is CNC(=O)[C@@H]1OC(n2cnc3c(NCc4ccccc4)nc(-c4ccc(OC(F)(F)F)cc4)nc32)C(O)C1O. The number of anilines is 1. The van der Waals surface area contributed by atoms with Gasteiger partial charge in [0, 0.05) is 19.2 Å². The molecule has 1 saturated heterocycles. The second-order valence-electron chi connectivity index (χ2n) is 8.67. The fourth-order valence-electron chi connectivity index (χ4n) is 4.19. The number of aliphatic hydroxyl groups excluding tert-OH is 2. The Hall–Kier alpha value is -4.27. The molecule has 4 aromatic rings. The quantitative estimate of drug-likeness (QED) is 0.276. The van der Waals surface area contributed by atoms with Gasteiger partial charge in [-0.15, -0.1) is 13.2 Å². The molecule has 2 aromatic heterocycles. The Morgan fingerprint density at radius 3 is 2.46 bits per heavy atom. The molecule has 0 radical (unpaired) electrons. The first-order valence-corrected chi connectivity index (χ1v) is 11.8. The molecule has 1 amide bonds. The molecule has 11 nitrogen and oxygen atoms in total. The number of aromatic nitrogens is 4. The second kappa shape index (κ2) is 10.5. The van der Waals surface area contributed by atoms with E-state index in [-0.39, 0.29) is 11.5 Å². The third kappa shape index (κ3) is 5.48. The maximum absolute atomic E-state index is 12.6. The molecule has 1 fully saturated rings. The van der Waals surface area contributed by atoms with Crippen LogP contribution in [0, 0.1) is 0 Å². The summed E-state index contributed by atoms with van der Waals surface area (Å²) in [5.41, 5.74) is 1.82. The van der Waals surface area contributed by atoms with Gasteiger partial charge in [-0.2, -0.15) is 0 Å². The summed E-state index contributed by atoms with van der Waals surface area (Å²) in [5.74, 6) is -0.579. The minimum atomic E-state index is -4.84. The largest absolute Gasteiger partial charge is 0.573 e. The van der Waals surface area contributed by atoms with Gasteiger partial charge < -0.3 is 30.3 Å². The van der Waals surface area contributed by atoms with Crippen LogP contribution in [0.4, 0.5) is 19.0 Å². The van der Waals surface area contributed by atoms with Crippen LogP contribution in [0.5, 0.6) is 5.75 Å². The van der Waals surface area contributed by atoms with E-state index >= 15 is 0 Å². The van der Waals surface area contributed by atoms with Gasteiger partial charge in [-0.1, -0.05) is 30.3 Å². The first-order chi connectivity index (χ1) is 18.6. The van der Waals surface area contributed by atoms with Crippen LogP contribution in [0.2, 0.25) is 0 Å². The molecule has 4 atom stereocenters. The van der Waals surface area contributed by atoms with Gasteiger partial charge >= 0.3 is 6.36 Å². The van der Waals surface area contributed by atoms with E-state index in [1.165, 1.54) is 30.1 Å². The van der Waals surface area contributed by atoms with Crippen molar-refractivity contribution in [2.75, 3.05) is 12.4 Å². The lowest BCUT2D eigenvalue weighted by atomic mass is 10.1. The number of carbonyl (C=O) groups excluding carboxylic acids is 1. The summed E-state index contributed by atoms with van der Waals surface area (Å²) in [5, 5.41) is 26.6. The number of nitrogens with zero attached hydrogens (tertiary/aromatic N) is 4. The molecule has 4 N–H and O–H groups in total. The number of alkyl halides is 3. The van der Waals surface area contributed by atoms with Crippen molar-refractivity contribution in [2.24, 2.45) is 0 Å². The molecule has 204 valence electrons. The van der Waals surface area contributed by atoms with Crippen LogP contribution in [0.1, 0.15) is 11.8 Å². The van der Waals surface area contributed by atoms with Crippen molar-refractivity contribution in [1.29, 1.82) is 0 Å². The topological polar surface area (TPSA) is 144 Å². The minimum absolute atomic E-state index is 0.134. The molecule has 2 aromatic carbocycles. The first kappa shape index (κ1) is 26.3. The van der Waals surface area contributed by atoms with E-state index in [9.17, 15) is 28.2 Å². The molecule has 0 bridgehead atoms. The highest BCUT2D eigenvalue weighted by Gasteiger charge is 2.47. The summed E-state index contributed by atoms with van der Waals surface area (Å²) in [6.07, 6.45) is -9.03. The minimum Gasteiger partial charge on any atom is -0.406 e. The lowest BCUT2D eigenvalue weighted by Crippen LogP contribution is -2.41. The lowest BCUT2D eigenvalue weighted by molar-refractivity contribution is -0.274. The summed E-state index contributed by atoms with van der Waals surface area (Å²) >= 11 is 0. The number of hydrogen-bond donors (Lipinski definition) is 4. The predicted octanol–water partition coefficient (Wildman–Crippen LogP) is 2.37. The van der Waals surface area contributed by atoms with Crippen LogP contribution in [-0.2, 0) is 16.1 Å². The Morgan fingerprint density at radius 1 is 1.08 bits per heavy atom. The number of aliphatic hydroxyl groups is 2. The van der Waals surface area contributed by atoms with E-state index in [4.69, 9.17) is 4.74 Å². The van der Waals surface area contributed by atoms with Crippen LogP contribution in [0.25, 0.3) is 22.6 Å². The standard InChI is InChI=1S/C25H23F3N6O5/c1-29-23(37)19-17(35)18(36)24(38-19)34-12-31-16-21(30-11-13-5-3-2-4-6-13)32-20(33-22(16)34)14-7-9-15(10-8-14)39-25(26,27)28/h2-10,12,17-19,24,35-36H,11H2,1H3,(H,29,37)(H,30,32,33)/t17?,18?,19-,24?/m1/s1. The number of hydrogen-bond acceptors (Lipinski definition) is 9. The number of rotatable bonds is 7. The zero-order valence-electron chi connectivity index (χ0n) is 20.3. The van der Waals surface area contributed by atoms with Crippen molar-refractivity contribution in [1.82, 2.24) is 24.8 Å². The molecular formula is C25H23F3N6O5. The molecule has 3 heterocycles. The predicted molar refractivity (Wildman–Crippen MR) is 131 cm³/mol. The van der Waals surface area contributed by atoms with Gasteiger partial charge in [0.25, 0.3) is 5.91 Å². The smallest absolute Gasteiger partial charge is 0.406 e. The average Bonchev–Trinajstić information content (AvgIpc) is 3.47. The molecule has 0 aliphatic carbocycles. The number of ether oxygens (including phenoxy) is 2. The Kier molecular flexibility index (Phi) is 7.08. The van der Waals surface area contributed by atoms with Gasteiger partial charge in [0.2, 0.25) is 0 Å². The third-order valence-corrected chi connectivity index (χ3v) is 6.09. The highest BCUT2D eigenvalue weighted by atomic mass is 19.4. The highest BCUT2D eigenvalue weighted by Crippen LogP contribution is 2.34. The van der Waals surface area contributed by atoms with Crippen molar-refractivity contribution in [2.45, 2.75) is 37.4 Å². The van der Waals surface area contributed by atoms with Gasteiger partial charge in [-0.3, -0.25) is 9.36 Å². The van der Waals surface area contributed by atoms with Crippen molar-refractivity contribution in [3.05, 3.63) is 66.5 Å². The Bertz CT molecular complexity index is 1470. The number of likely N-dealkylation sites (N-methyl/N-ethyl adjacent to an activating group) is 1. The molecule has 14 heteroatoms. The maximum atomic E-state index is 12.6. The van der Waals surface area contributed by atoms with E-state index in [0.717, 1.165) is 17.7 Å². The molecule has 5 rings (SSSR count). The van der Waals surface area contributed by atoms with Crippen LogP contribution in [0.15, 0.2) is 60.9 Å². The molecular weight excluding hydrogens is 521 g/mol.